The van der Waals surface area contributed by atoms with E-state index in [1.807, 2.05) is 80.6 Å². The zero-order valence-electron chi connectivity index (χ0n) is 16.4. The Morgan fingerprint density at radius 1 is 0.967 bits per heavy atom. The summed E-state index contributed by atoms with van der Waals surface area (Å²) in [5.41, 5.74) is 5.91. The van der Waals surface area contributed by atoms with Crippen LogP contribution < -0.4 is 10.4 Å². The summed E-state index contributed by atoms with van der Waals surface area (Å²) in [6.07, 6.45) is 1.29. The lowest BCUT2D eigenvalue weighted by Crippen LogP contribution is -2.26. The van der Waals surface area contributed by atoms with E-state index in [0.29, 0.717) is 0 Å². The highest BCUT2D eigenvalue weighted by atomic mass is 16.6. The van der Waals surface area contributed by atoms with Crippen LogP contribution in [0.5, 0.6) is 0 Å². The topological polar surface area (TPSA) is 102 Å². The summed E-state index contributed by atoms with van der Waals surface area (Å²) < 4.78 is 1.45. The van der Waals surface area contributed by atoms with Crippen LogP contribution in [0.2, 0.25) is 0 Å². The van der Waals surface area contributed by atoms with Crippen molar-refractivity contribution in [3.8, 4) is 5.82 Å². The molecule has 150 valence electrons. The Balaban J connectivity index is 1.84. The van der Waals surface area contributed by atoms with E-state index < -0.39 is 4.92 Å². The van der Waals surface area contributed by atoms with Gasteiger partial charge in [0.2, 0.25) is 11.6 Å². The summed E-state index contributed by atoms with van der Waals surface area (Å²) in [6.45, 7) is 3.64. The molecular formula is C21H19N7O2. The number of anilines is 3. The molecule has 2 aromatic carbocycles. The van der Waals surface area contributed by atoms with Gasteiger partial charge in [-0.15, -0.1) is 0 Å². The van der Waals surface area contributed by atoms with E-state index in [-0.39, 0.29) is 17.3 Å². The van der Waals surface area contributed by atoms with Crippen LogP contribution in [0.25, 0.3) is 5.82 Å². The van der Waals surface area contributed by atoms with Crippen LogP contribution in [0, 0.1) is 24.0 Å². The molecule has 4 rings (SSSR count). The number of para-hydroxylation sites is 2. The Kier molecular flexibility index (Phi) is 5.08. The first-order valence-electron chi connectivity index (χ1n) is 9.24. The van der Waals surface area contributed by atoms with Crippen molar-refractivity contribution in [2.24, 2.45) is 0 Å². The molecule has 1 N–H and O–H groups in total. The maximum Gasteiger partial charge on any atom is 0.357 e. The molecule has 0 atom stereocenters. The molecule has 0 aliphatic heterocycles. The predicted molar refractivity (Wildman–Crippen MR) is 114 cm³/mol. The zero-order chi connectivity index (χ0) is 21.1. The molecule has 0 amide bonds. The minimum absolute atomic E-state index is 0.0604. The lowest BCUT2D eigenvalue weighted by Gasteiger charge is -2.26. The van der Waals surface area contributed by atoms with Gasteiger partial charge in [0.25, 0.3) is 0 Å². The molecule has 0 radical (unpaired) electrons. The van der Waals surface area contributed by atoms with E-state index in [9.17, 15) is 10.1 Å². The van der Waals surface area contributed by atoms with Crippen molar-refractivity contribution in [1.82, 2.24) is 19.7 Å². The first kappa shape index (κ1) is 19.1. The van der Waals surface area contributed by atoms with Gasteiger partial charge in [-0.25, -0.2) is 14.6 Å². The second-order valence-electron chi connectivity index (χ2n) is 6.61. The van der Waals surface area contributed by atoms with Gasteiger partial charge < -0.3 is 0 Å². The molecule has 0 spiro atoms. The van der Waals surface area contributed by atoms with E-state index in [0.717, 1.165) is 22.8 Å². The number of hydrogen-bond acceptors (Lipinski definition) is 7. The molecule has 2 aromatic heterocycles. The second kappa shape index (κ2) is 8.00. The van der Waals surface area contributed by atoms with Crippen LogP contribution in [0.1, 0.15) is 11.4 Å². The van der Waals surface area contributed by atoms with E-state index in [1.54, 1.807) is 5.01 Å². The number of nitrogens with one attached hydrogen (secondary N) is 1. The van der Waals surface area contributed by atoms with E-state index in [4.69, 9.17) is 0 Å². The van der Waals surface area contributed by atoms with Gasteiger partial charge in [-0.2, -0.15) is 5.10 Å². The number of nitrogens with zero attached hydrogens (tertiary/aromatic N) is 6. The first-order chi connectivity index (χ1) is 14.5. The molecule has 9 nitrogen and oxygen atoms in total. The fraction of sp³-hybridized carbons (Fsp3) is 0.0952. The van der Waals surface area contributed by atoms with Gasteiger partial charge in [0.15, 0.2) is 0 Å². The molecule has 30 heavy (non-hydrogen) atoms. The fourth-order valence-electron chi connectivity index (χ4n) is 3.16. The molecule has 4 aromatic rings. The van der Waals surface area contributed by atoms with Crippen LogP contribution in [0.15, 0.2) is 73.1 Å². The number of hydrazine groups is 1. The van der Waals surface area contributed by atoms with E-state index in [1.165, 1.54) is 11.0 Å². The third-order valence-corrected chi connectivity index (χ3v) is 4.44. The maximum atomic E-state index is 12.0. The molecule has 0 saturated carbocycles. The van der Waals surface area contributed by atoms with Gasteiger partial charge in [0, 0.05) is 5.69 Å². The fourth-order valence-corrected chi connectivity index (χ4v) is 3.16. The van der Waals surface area contributed by atoms with Gasteiger partial charge >= 0.3 is 5.69 Å². The quantitative estimate of drug-likeness (QED) is 0.378. The van der Waals surface area contributed by atoms with E-state index in [2.05, 4.69) is 20.5 Å². The molecule has 0 bridgehead atoms. The number of aryl methyl sites for hydroxylation is 2. The summed E-state index contributed by atoms with van der Waals surface area (Å²) in [5, 5.41) is 18.1. The zero-order valence-corrected chi connectivity index (χ0v) is 16.4. The van der Waals surface area contributed by atoms with Gasteiger partial charge in [-0.1, -0.05) is 36.4 Å². The van der Waals surface area contributed by atoms with Crippen molar-refractivity contribution in [3.63, 3.8) is 0 Å². The highest BCUT2D eigenvalue weighted by Gasteiger charge is 2.27. The Labute approximate surface area is 172 Å². The van der Waals surface area contributed by atoms with Crippen molar-refractivity contribution in [2.75, 3.05) is 10.4 Å². The van der Waals surface area contributed by atoms with Crippen molar-refractivity contribution < 1.29 is 4.92 Å². The molecule has 2 heterocycles. The number of nitro groups is 1. The van der Waals surface area contributed by atoms with Crippen LogP contribution in [-0.4, -0.2) is 24.7 Å². The van der Waals surface area contributed by atoms with Crippen molar-refractivity contribution in [1.29, 1.82) is 0 Å². The third-order valence-electron chi connectivity index (χ3n) is 4.44. The minimum Gasteiger partial charge on any atom is -0.271 e. The standard InChI is InChI=1S/C21H19N7O2/c1-15-13-16(2)26(24-15)21-19(28(29)30)20(22-14-23-21)25-27(17-9-5-3-6-10-17)18-11-7-4-8-12-18/h3-14H,1-2H3,(H,22,23,25). The molecule has 0 aliphatic carbocycles. The summed E-state index contributed by atoms with van der Waals surface area (Å²) >= 11 is 0. The largest absolute Gasteiger partial charge is 0.357 e. The van der Waals surface area contributed by atoms with Crippen LogP contribution in [-0.2, 0) is 0 Å². The normalized spacial score (nSPS) is 10.6. The van der Waals surface area contributed by atoms with Crippen LogP contribution >= 0.6 is 0 Å². The molecule has 9 heteroatoms. The molecule has 0 unspecified atom stereocenters. The van der Waals surface area contributed by atoms with Gasteiger partial charge in [0.1, 0.15) is 6.33 Å². The Morgan fingerprint density at radius 3 is 2.07 bits per heavy atom. The van der Waals surface area contributed by atoms with Crippen molar-refractivity contribution >= 4 is 22.9 Å². The molecule has 0 aliphatic rings. The molecule has 0 fully saturated rings. The summed E-state index contributed by atoms with van der Waals surface area (Å²) in [5.74, 6) is 0.162. The highest BCUT2D eigenvalue weighted by Crippen LogP contribution is 2.32. The average Bonchev–Trinajstić information content (AvgIpc) is 3.10. The lowest BCUT2D eigenvalue weighted by atomic mass is 10.2. The number of hydrogen-bond donors (Lipinski definition) is 1. The summed E-state index contributed by atoms with van der Waals surface area (Å²) in [6, 6.07) is 20.8. The molecule has 0 saturated heterocycles. The van der Waals surface area contributed by atoms with Gasteiger partial charge in [-0.05, 0) is 44.2 Å². The predicted octanol–water partition coefficient (Wildman–Crippen LogP) is 4.35. The Bertz CT molecular complexity index is 1140. The summed E-state index contributed by atoms with van der Waals surface area (Å²) in [4.78, 5) is 19.8. The van der Waals surface area contributed by atoms with Crippen LogP contribution in [0.3, 0.4) is 0 Å². The Hall–Kier alpha value is -4.27. The third kappa shape index (κ3) is 3.68. The van der Waals surface area contributed by atoms with Gasteiger partial charge in [0.05, 0.1) is 22.0 Å². The number of aromatic nitrogens is 4. The Morgan fingerprint density at radius 2 is 1.57 bits per heavy atom. The van der Waals surface area contributed by atoms with E-state index >= 15 is 0 Å². The average molecular weight is 401 g/mol. The monoisotopic (exact) mass is 401 g/mol. The lowest BCUT2D eigenvalue weighted by molar-refractivity contribution is -0.384. The minimum atomic E-state index is -0.498. The first-order valence-corrected chi connectivity index (χ1v) is 9.24. The highest BCUT2D eigenvalue weighted by molar-refractivity contribution is 5.72. The second-order valence-corrected chi connectivity index (χ2v) is 6.61. The molecular weight excluding hydrogens is 382 g/mol. The number of rotatable bonds is 6. The number of benzene rings is 2. The maximum absolute atomic E-state index is 12.0. The summed E-state index contributed by atoms with van der Waals surface area (Å²) in [7, 11) is 0. The van der Waals surface area contributed by atoms with Crippen molar-refractivity contribution in [2.45, 2.75) is 13.8 Å². The van der Waals surface area contributed by atoms with Crippen LogP contribution in [0.4, 0.5) is 22.9 Å². The van der Waals surface area contributed by atoms with Crippen molar-refractivity contribution in [3.05, 3.63) is 94.6 Å². The smallest absolute Gasteiger partial charge is 0.271 e. The SMILES string of the molecule is Cc1cc(C)n(-c2ncnc(NN(c3ccccc3)c3ccccc3)c2[N+](=O)[O-])n1. The van der Waals surface area contributed by atoms with Gasteiger partial charge in [-0.3, -0.25) is 20.5 Å².